The number of nitrogens with zero attached hydrogens (tertiary/aromatic N) is 2. The van der Waals surface area contributed by atoms with E-state index in [-0.39, 0.29) is 11.4 Å². The van der Waals surface area contributed by atoms with E-state index in [0.29, 0.717) is 18.7 Å². The van der Waals surface area contributed by atoms with Gasteiger partial charge in [0, 0.05) is 13.6 Å². The molecular weight excluding hydrogens is 236 g/mol. The van der Waals surface area contributed by atoms with Gasteiger partial charge in [-0.15, -0.1) is 0 Å². The van der Waals surface area contributed by atoms with E-state index in [1.165, 1.54) is 7.11 Å². The SMILES string of the molecule is COc1cccc(N(C)CCC(C)O)c1[N+](=O)[O-]. The number of rotatable bonds is 6. The lowest BCUT2D eigenvalue weighted by atomic mass is 10.2. The van der Waals surface area contributed by atoms with Gasteiger partial charge in [-0.05, 0) is 25.5 Å². The van der Waals surface area contributed by atoms with Crippen molar-refractivity contribution in [2.75, 3.05) is 25.6 Å². The van der Waals surface area contributed by atoms with E-state index in [1.54, 1.807) is 37.1 Å². The van der Waals surface area contributed by atoms with Gasteiger partial charge in [0.05, 0.1) is 18.1 Å². The maximum absolute atomic E-state index is 11.1. The molecule has 0 aliphatic heterocycles. The Hall–Kier alpha value is -1.82. The number of hydrogen-bond donors (Lipinski definition) is 1. The predicted molar refractivity (Wildman–Crippen MR) is 69.2 cm³/mol. The molecule has 1 unspecified atom stereocenters. The summed E-state index contributed by atoms with van der Waals surface area (Å²) in [5.74, 6) is 0.237. The van der Waals surface area contributed by atoms with Gasteiger partial charge in [0.25, 0.3) is 0 Å². The Balaban J connectivity index is 3.03. The van der Waals surface area contributed by atoms with Crippen LogP contribution in [0, 0.1) is 10.1 Å². The fourth-order valence-corrected chi connectivity index (χ4v) is 1.67. The third-order valence-electron chi connectivity index (χ3n) is 2.67. The summed E-state index contributed by atoms with van der Waals surface area (Å²) in [5.41, 5.74) is 0.438. The molecule has 0 aliphatic rings. The van der Waals surface area contributed by atoms with Crippen LogP contribution in [0.3, 0.4) is 0 Å². The molecule has 1 aromatic rings. The van der Waals surface area contributed by atoms with Crippen molar-refractivity contribution in [3.05, 3.63) is 28.3 Å². The van der Waals surface area contributed by atoms with Gasteiger partial charge in [-0.2, -0.15) is 0 Å². The van der Waals surface area contributed by atoms with Crippen LogP contribution in [0.25, 0.3) is 0 Å². The molecule has 0 aromatic heterocycles. The van der Waals surface area contributed by atoms with E-state index in [4.69, 9.17) is 4.74 Å². The minimum Gasteiger partial charge on any atom is -0.490 e. The summed E-state index contributed by atoms with van der Waals surface area (Å²) in [4.78, 5) is 12.4. The molecule has 6 heteroatoms. The summed E-state index contributed by atoms with van der Waals surface area (Å²) in [6.07, 6.45) is 0.113. The first-order chi connectivity index (χ1) is 8.47. The number of methoxy groups -OCH3 is 1. The van der Waals surface area contributed by atoms with Crippen molar-refractivity contribution in [1.82, 2.24) is 0 Å². The number of para-hydroxylation sites is 1. The molecule has 1 N–H and O–H groups in total. The van der Waals surface area contributed by atoms with Gasteiger partial charge in [0.2, 0.25) is 0 Å². The monoisotopic (exact) mass is 254 g/mol. The molecule has 0 spiro atoms. The van der Waals surface area contributed by atoms with Crippen LogP contribution in [0.15, 0.2) is 18.2 Å². The normalized spacial score (nSPS) is 12.0. The largest absolute Gasteiger partial charge is 0.490 e. The molecule has 0 saturated carbocycles. The summed E-state index contributed by atoms with van der Waals surface area (Å²) in [6, 6.07) is 4.94. The number of nitro benzene ring substituents is 1. The second kappa shape index (κ2) is 6.20. The molecule has 18 heavy (non-hydrogen) atoms. The molecule has 0 heterocycles. The number of anilines is 1. The Kier molecular flexibility index (Phi) is 4.91. The first-order valence-corrected chi connectivity index (χ1v) is 5.68. The van der Waals surface area contributed by atoms with Gasteiger partial charge in [-0.25, -0.2) is 0 Å². The lowest BCUT2D eigenvalue weighted by molar-refractivity contribution is -0.385. The summed E-state index contributed by atoms with van der Waals surface area (Å²) >= 11 is 0. The van der Waals surface area contributed by atoms with Gasteiger partial charge >= 0.3 is 5.69 Å². The van der Waals surface area contributed by atoms with Crippen molar-refractivity contribution in [2.24, 2.45) is 0 Å². The number of nitro groups is 1. The van der Waals surface area contributed by atoms with Crippen LogP contribution in [-0.4, -0.2) is 36.8 Å². The van der Waals surface area contributed by atoms with Gasteiger partial charge in [0.1, 0.15) is 5.69 Å². The zero-order valence-corrected chi connectivity index (χ0v) is 10.8. The van der Waals surface area contributed by atoms with Gasteiger partial charge in [-0.1, -0.05) is 6.07 Å². The quantitative estimate of drug-likeness (QED) is 0.619. The minimum absolute atomic E-state index is 0.0481. The smallest absolute Gasteiger partial charge is 0.333 e. The molecule has 0 aliphatic carbocycles. The van der Waals surface area contributed by atoms with Crippen LogP contribution in [0.5, 0.6) is 5.75 Å². The van der Waals surface area contributed by atoms with Crippen LogP contribution < -0.4 is 9.64 Å². The van der Waals surface area contributed by atoms with Crippen molar-refractivity contribution >= 4 is 11.4 Å². The van der Waals surface area contributed by atoms with Crippen LogP contribution >= 0.6 is 0 Å². The Morgan fingerprint density at radius 1 is 1.56 bits per heavy atom. The Bertz CT molecular complexity index is 421. The molecule has 0 fully saturated rings. The molecule has 1 aromatic carbocycles. The van der Waals surface area contributed by atoms with Gasteiger partial charge < -0.3 is 14.7 Å². The Morgan fingerprint density at radius 2 is 2.22 bits per heavy atom. The topological polar surface area (TPSA) is 75.8 Å². The molecule has 0 amide bonds. The Morgan fingerprint density at radius 3 is 2.72 bits per heavy atom. The number of aliphatic hydroxyl groups is 1. The third kappa shape index (κ3) is 3.33. The van der Waals surface area contributed by atoms with E-state index in [2.05, 4.69) is 0 Å². The molecule has 100 valence electrons. The van der Waals surface area contributed by atoms with Crippen molar-refractivity contribution in [2.45, 2.75) is 19.4 Å². The highest BCUT2D eigenvalue weighted by Gasteiger charge is 2.22. The van der Waals surface area contributed by atoms with E-state index < -0.39 is 11.0 Å². The van der Waals surface area contributed by atoms with Crippen LogP contribution in [0.2, 0.25) is 0 Å². The van der Waals surface area contributed by atoms with E-state index in [1.807, 2.05) is 0 Å². The molecule has 0 saturated heterocycles. The van der Waals surface area contributed by atoms with Crippen LogP contribution in [0.4, 0.5) is 11.4 Å². The fourth-order valence-electron chi connectivity index (χ4n) is 1.67. The third-order valence-corrected chi connectivity index (χ3v) is 2.67. The number of aliphatic hydroxyl groups excluding tert-OH is 1. The molecule has 1 atom stereocenters. The number of hydrogen-bond acceptors (Lipinski definition) is 5. The van der Waals surface area contributed by atoms with Crippen molar-refractivity contribution in [3.63, 3.8) is 0 Å². The molecule has 6 nitrogen and oxygen atoms in total. The molecule has 0 radical (unpaired) electrons. The van der Waals surface area contributed by atoms with E-state index in [9.17, 15) is 15.2 Å². The van der Waals surface area contributed by atoms with Crippen molar-refractivity contribution < 1.29 is 14.8 Å². The average molecular weight is 254 g/mol. The first-order valence-electron chi connectivity index (χ1n) is 5.68. The lowest BCUT2D eigenvalue weighted by Crippen LogP contribution is -2.22. The van der Waals surface area contributed by atoms with Crippen molar-refractivity contribution in [1.29, 1.82) is 0 Å². The zero-order valence-electron chi connectivity index (χ0n) is 10.8. The van der Waals surface area contributed by atoms with Gasteiger partial charge in [0.15, 0.2) is 5.75 Å². The average Bonchev–Trinajstić information content (AvgIpc) is 2.34. The highest BCUT2D eigenvalue weighted by Crippen LogP contribution is 2.36. The van der Waals surface area contributed by atoms with E-state index in [0.717, 1.165) is 0 Å². The number of benzene rings is 1. The maximum atomic E-state index is 11.1. The Labute approximate surface area is 106 Å². The van der Waals surface area contributed by atoms with Crippen molar-refractivity contribution in [3.8, 4) is 5.75 Å². The van der Waals surface area contributed by atoms with Gasteiger partial charge in [-0.3, -0.25) is 10.1 Å². The summed E-state index contributed by atoms with van der Waals surface area (Å²) < 4.78 is 5.01. The summed E-state index contributed by atoms with van der Waals surface area (Å²) in [6.45, 7) is 2.22. The predicted octanol–water partition coefficient (Wildman–Crippen LogP) is 1.81. The highest BCUT2D eigenvalue weighted by molar-refractivity contribution is 5.69. The molecular formula is C12H18N2O4. The molecule has 1 rings (SSSR count). The second-order valence-electron chi connectivity index (χ2n) is 4.14. The maximum Gasteiger partial charge on any atom is 0.333 e. The van der Waals surface area contributed by atoms with Crippen LogP contribution in [-0.2, 0) is 0 Å². The number of ether oxygens (including phenoxy) is 1. The minimum atomic E-state index is -0.451. The highest BCUT2D eigenvalue weighted by atomic mass is 16.6. The second-order valence-corrected chi connectivity index (χ2v) is 4.14. The zero-order chi connectivity index (χ0) is 13.7. The summed E-state index contributed by atoms with van der Waals surface area (Å²) in [5, 5.41) is 20.3. The standard InChI is InChI=1S/C12H18N2O4/c1-9(15)7-8-13(2)10-5-4-6-11(18-3)12(10)14(16)17/h4-6,9,15H,7-8H2,1-3H3. The first kappa shape index (κ1) is 14.2. The molecule has 0 bridgehead atoms. The lowest BCUT2D eigenvalue weighted by Gasteiger charge is -2.20. The fraction of sp³-hybridized carbons (Fsp3) is 0.500. The van der Waals surface area contributed by atoms with Crippen LogP contribution in [0.1, 0.15) is 13.3 Å². The van der Waals surface area contributed by atoms with E-state index >= 15 is 0 Å². The summed E-state index contributed by atoms with van der Waals surface area (Å²) in [7, 11) is 3.16.